The number of carbonyl (C=O) groups is 1. The summed E-state index contributed by atoms with van der Waals surface area (Å²) in [5.41, 5.74) is 3.25. The molecule has 0 aromatic heterocycles. The Morgan fingerprint density at radius 2 is 1.44 bits per heavy atom. The number of nitrogens with one attached hydrogen (secondary N) is 2. The number of halogens is 1. The van der Waals surface area contributed by atoms with Gasteiger partial charge in [-0.15, -0.1) is 11.6 Å². The lowest BCUT2D eigenvalue weighted by Crippen LogP contribution is -2.55. The summed E-state index contributed by atoms with van der Waals surface area (Å²) in [5.74, 6) is 1.58. The number of hydrogen-bond acceptors (Lipinski definition) is 1. The Kier molecular flexibility index (Phi) is 3.98. The van der Waals surface area contributed by atoms with Gasteiger partial charge in [0.2, 0.25) is 0 Å². The van der Waals surface area contributed by atoms with E-state index in [0.717, 1.165) is 29.6 Å². The van der Waals surface area contributed by atoms with Crippen molar-refractivity contribution in [2.45, 2.75) is 48.8 Å². The Labute approximate surface area is 165 Å². The first kappa shape index (κ1) is 17.1. The topological polar surface area (TPSA) is 41.1 Å². The molecule has 3 nitrogen and oxygen atoms in total. The summed E-state index contributed by atoms with van der Waals surface area (Å²) < 4.78 is 0. The van der Waals surface area contributed by atoms with Crippen LogP contribution < -0.4 is 10.6 Å². The third kappa shape index (κ3) is 3.23. The molecule has 2 amide bonds. The van der Waals surface area contributed by atoms with Crippen molar-refractivity contribution in [3.05, 3.63) is 60.2 Å². The molecule has 0 saturated heterocycles. The molecule has 6 rings (SSSR count). The molecule has 0 unspecified atom stereocenters. The first-order chi connectivity index (χ1) is 13.0. The quantitative estimate of drug-likeness (QED) is 0.615. The lowest BCUT2D eigenvalue weighted by Gasteiger charge is -2.60. The molecule has 2 aromatic carbocycles. The van der Waals surface area contributed by atoms with Crippen molar-refractivity contribution in [3.8, 4) is 0 Å². The van der Waals surface area contributed by atoms with Crippen molar-refractivity contribution in [3.63, 3.8) is 0 Å². The number of rotatable bonds is 3. The molecule has 4 fully saturated rings. The highest BCUT2D eigenvalue weighted by atomic mass is 35.5. The van der Waals surface area contributed by atoms with E-state index < -0.39 is 0 Å². The van der Waals surface area contributed by atoms with Crippen molar-refractivity contribution in [1.29, 1.82) is 0 Å². The molecule has 4 aliphatic carbocycles. The number of benzene rings is 2. The van der Waals surface area contributed by atoms with Gasteiger partial charge in [-0.2, -0.15) is 0 Å². The van der Waals surface area contributed by atoms with Crippen LogP contribution in [0.2, 0.25) is 0 Å². The Bertz CT molecular complexity index is 834. The zero-order chi connectivity index (χ0) is 18.5. The molecular weight excluding hydrogens is 356 g/mol. The van der Waals surface area contributed by atoms with Crippen LogP contribution in [-0.2, 0) is 5.41 Å². The van der Waals surface area contributed by atoms with E-state index >= 15 is 0 Å². The molecule has 0 heterocycles. The lowest BCUT2D eigenvalue weighted by atomic mass is 9.47. The lowest BCUT2D eigenvalue weighted by molar-refractivity contribution is 0.00900. The molecular formula is C23H25ClN2O. The summed E-state index contributed by atoms with van der Waals surface area (Å²) in [7, 11) is 0. The van der Waals surface area contributed by atoms with Gasteiger partial charge in [0.05, 0.1) is 0 Å². The minimum atomic E-state index is -0.219. The highest BCUT2D eigenvalue weighted by Crippen LogP contribution is 2.64. The van der Waals surface area contributed by atoms with Crippen LogP contribution >= 0.6 is 11.6 Å². The van der Waals surface area contributed by atoms with Gasteiger partial charge in [-0.25, -0.2) is 4.79 Å². The Morgan fingerprint density at radius 1 is 0.852 bits per heavy atom. The Hall–Kier alpha value is -2.00. The average molecular weight is 381 g/mol. The number of anilines is 2. The van der Waals surface area contributed by atoms with Crippen LogP contribution in [-0.4, -0.2) is 10.9 Å². The van der Waals surface area contributed by atoms with Crippen LogP contribution in [0.5, 0.6) is 0 Å². The van der Waals surface area contributed by atoms with E-state index in [9.17, 15) is 4.79 Å². The number of para-hydroxylation sites is 1. The minimum absolute atomic E-state index is 0.0244. The summed E-state index contributed by atoms with van der Waals surface area (Å²) in [4.78, 5) is 12.2. The van der Waals surface area contributed by atoms with Gasteiger partial charge < -0.3 is 10.6 Å². The number of alkyl halides is 1. The van der Waals surface area contributed by atoms with Gasteiger partial charge in [0.25, 0.3) is 0 Å². The van der Waals surface area contributed by atoms with Gasteiger partial charge in [-0.05, 0) is 85.6 Å². The summed E-state index contributed by atoms with van der Waals surface area (Å²) in [5, 5.41) is 5.77. The fraction of sp³-hybridized carbons (Fsp3) is 0.435. The highest BCUT2D eigenvalue weighted by molar-refractivity contribution is 6.24. The summed E-state index contributed by atoms with van der Waals surface area (Å²) >= 11 is 6.98. The predicted octanol–water partition coefficient (Wildman–Crippen LogP) is 6.16. The van der Waals surface area contributed by atoms with Crippen molar-refractivity contribution < 1.29 is 4.79 Å². The van der Waals surface area contributed by atoms with E-state index in [0.29, 0.717) is 0 Å². The van der Waals surface area contributed by atoms with Gasteiger partial charge in [0.1, 0.15) is 0 Å². The third-order valence-corrected chi connectivity index (χ3v) is 7.22. The fourth-order valence-corrected chi connectivity index (χ4v) is 6.90. The van der Waals surface area contributed by atoms with Gasteiger partial charge in [-0.1, -0.05) is 30.3 Å². The van der Waals surface area contributed by atoms with Crippen molar-refractivity contribution in [2.75, 3.05) is 10.6 Å². The predicted molar refractivity (Wildman–Crippen MR) is 110 cm³/mol. The molecule has 2 aromatic rings. The van der Waals surface area contributed by atoms with E-state index in [1.807, 2.05) is 42.5 Å². The largest absolute Gasteiger partial charge is 0.323 e. The zero-order valence-electron chi connectivity index (χ0n) is 15.4. The molecule has 2 atom stereocenters. The number of hydrogen-bond donors (Lipinski definition) is 2. The third-order valence-electron chi connectivity index (χ3n) is 6.78. The molecule has 140 valence electrons. The molecule has 2 N–H and O–H groups in total. The van der Waals surface area contributed by atoms with E-state index in [-0.39, 0.29) is 16.3 Å². The van der Waals surface area contributed by atoms with E-state index in [1.165, 1.54) is 37.7 Å². The molecule has 0 aliphatic heterocycles. The van der Waals surface area contributed by atoms with Gasteiger partial charge in [-0.3, -0.25) is 0 Å². The van der Waals surface area contributed by atoms with Crippen LogP contribution in [0.1, 0.15) is 44.1 Å². The SMILES string of the molecule is O=C(Nc1ccccc1)Nc1ccc(C23C[C@H]4C[C@@H](CC(Cl)(C4)C2)C3)cc1. The van der Waals surface area contributed by atoms with Crippen LogP contribution in [0.3, 0.4) is 0 Å². The molecule has 4 saturated carbocycles. The second-order valence-electron chi connectivity index (χ2n) is 8.91. The average Bonchev–Trinajstić information content (AvgIpc) is 2.61. The maximum atomic E-state index is 12.2. The van der Waals surface area contributed by atoms with Crippen LogP contribution in [0.25, 0.3) is 0 Å². The Balaban J connectivity index is 1.30. The van der Waals surface area contributed by atoms with Gasteiger partial charge in [0.15, 0.2) is 0 Å². The molecule has 27 heavy (non-hydrogen) atoms. The Morgan fingerprint density at radius 3 is 2.04 bits per heavy atom. The van der Waals surface area contributed by atoms with Crippen LogP contribution in [0.4, 0.5) is 16.2 Å². The number of carbonyl (C=O) groups excluding carboxylic acids is 1. The van der Waals surface area contributed by atoms with E-state index in [4.69, 9.17) is 11.6 Å². The van der Waals surface area contributed by atoms with Crippen molar-refractivity contribution in [2.24, 2.45) is 11.8 Å². The molecule has 4 aliphatic rings. The minimum Gasteiger partial charge on any atom is -0.308 e. The van der Waals surface area contributed by atoms with Gasteiger partial charge >= 0.3 is 6.03 Å². The summed E-state index contributed by atoms with van der Waals surface area (Å²) in [6, 6.07) is 17.7. The zero-order valence-corrected chi connectivity index (χ0v) is 16.1. The normalized spacial score (nSPS) is 33.7. The van der Waals surface area contributed by atoms with E-state index in [1.54, 1.807) is 0 Å². The van der Waals surface area contributed by atoms with Crippen molar-refractivity contribution in [1.82, 2.24) is 0 Å². The molecule has 4 bridgehead atoms. The van der Waals surface area contributed by atoms with Crippen molar-refractivity contribution >= 4 is 29.0 Å². The summed E-state index contributed by atoms with van der Waals surface area (Å²) in [6.07, 6.45) is 7.43. The first-order valence-electron chi connectivity index (χ1n) is 9.95. The second kappa shape index (κ2) is 6.27. The summed E-state index contributed by atoms with van der Waals surface area (Å²) in [6.45, 7) is 0. The molecule has 0 radical (unpaired) electrons. The smallest absolute Gasteiger partial charge is 0.308 e. The first-order valence-corrected chi connectivity index (χ1v) is 10.3. The highest BCUT2D eigenvalue weighted by Gasteiger charge is 2.57. The second-order valence-corrected chi connectivity index (χ2v) is 9.72. The maximum absolute atomic E-state index is 12.2. The molecule has 4 heteroatoms. The fourth-order valence-electron chi connectivity index (χ4n) is 6.21. The monoisotopic (exact) mass is 380 g/mol. The number of amides is 2. The van der Waals surface area contributed by atoms with E-state index in [2.05, 4.69) is 22.8 Å². The molecule has 0 spiro atoms. The van der Waals surface area contributed by atoms with Crippen LogP contribution in [0, 0.1) is 11.8 Å². The van der Waals surface area contributed by atoms with Gasteiger partial charge in [0, 0.05) is 16.2 Å². The standard InChI is InChI=1S/C23H25ClN2O/c24-23-13-16-10-17(14-23)12-22(11-16,15-23)18-6-8-20(9-7-18)26-21(27)25-19-4-2-1-3-5-19/h1-9,16-17H,10-15H2,(H2,25,26,27)/t16-,17-,22?,23?/m1/s1. The number of urea groups is 1. The maximum Gasteiger partial charge on any atom is 0.323 e. The van der Waals surface area contributed by atoms with Crippen LogP contribution in [0.15, 0.2) is 54.6 Å².